The van der Waals surface area contributed by atoms with E-state index in [0.29, 0.717) is 69.3 Å². The van der Waals surface area contributed by atoms with Gasteiger partial charge < -0.3 is 57.1 Å². The number of methoxy groups -OCH3 is 3. The fourth-order valence-electron chi connectivity index (χ4n) is 10.6. The number of pyridine rings is 1. The first-order chi connectivity index (χ1) is 43.2. The van der Waals surface area contributed by atoms with E-state index in [1.165, 1.54) is 35.9 Å². The summed E-state index contributed by atoms with van der Waals surface area (Å²) in [5, 5.41) is 10.6. The second kappa shape index (κ2) is 28.0. The van der Waals surface area contributed by atoms with Crippen molar-refractivity contribution in [3.63, 3.8) is 0 Å². The van der Waals surface area contributed by atoms with Crippen LogP contribution < -0.4 is 39.7 Å². The molecule has 0 spiro atoms. The lowest BCUT2D eigenvalue weighted by atomic mass is 10.0. The summed E-state index contributed by atoms with van der Waals surface area (Å²) in [6.45, 7) is 17.4. The number of quaternary nitrogens is 1. The van der Waals surface area contributed by atoms with Crippen LogP contribution in [0.2, 0.25) is 5.02 Å². The quantitative estimate of drug-likeness (QED) is 0.0143. The maximum Gasteiger partial charge on any atom is 0.413 e. The molecule has 22 nitrogen and oxygen atoms in total. The zero-order valence-corrected chi connectivity index (χ0v) is 55.5. The molecular weight excluding hydrogens is 1230 g/mol. The third-order valence-corrected chi connectivity index (χ3v) is 17.6. The van der Waals surface area contributed by atoms with Gasteiger partial charge in [0, 0.05) is 48.4 Å². The first-order valence-corrected chi connectivity index (χ1v) is 32.0. The number of aromatic nitrogens is 2. The van der Waals surface area contributed by atoms with Crippen LogP contribution in [0.3, 0.4) is 0 Å². The second-order valence-electron chi connectivity index (χ2n) is 24.7. The standard InChI is InChI=1S/C66H76ClN7O15S2/c1-13-72-31-42(55(75)50-48(72)30-49(84-34-39-16-22-44(81-10)23-17-39)56(51(50)67)85-35-40-18-24-45(82-11)25-19-40)32-74(28-14-15-29-74)33-43-37-90-59-53(58(77)73(59)54(43)60(78)86-36-41-20-26-46(83-12)27-21-41)69-57(76)52(71-89-66(8,9)61(79)87-64(2,3)4)47-38-91-62(68-47)70-63(80)88-65(5,6)7/h16-27,30-31,38,53,59H,13-15,28-29,32-37H2,1-12H3,(H-,68,69,70,76,80)/p+1/b71-52-/t53-,59-/m1/s1. The molecule has 3 aliphatic heterocycles. The highest BCUT2D eigenvalue weighted by molar-refractivity contribution is 8.00. The molecule has 484 valence electrons. The SMILES string of the molecule is CCn1cc(C[N+]2(CC3=C(C(=O)OCc4ccc(OC)cc4)N4C(=O)[C@@H](NC(=O)/C(=N\OC(C)(C)C(=O)OC(C)(C)C)c5csc(NC(=O)OC(C)(C)C)n5)[C@H]4SC3)CCCC2)c(=O)c2c(Cl)c(OCc3ccc(OC)cc3)c(OCc3ccc(OC)cc3)cc21. The summed E-state index contributed by atoms with van der Waals surface area (Å²) < 4.78 is 48.4. The number of esters is 2. The molecule has 6 aromatic rings. The number of β-lactam (4-membered cyclic amide) rings is 1. The van der Waals surface area contributed by atoms with Gasteiger partial charge in [-0.2, -0.15) is 0 Å². The number of rotatable bonds is 24. The van der Waals surface area contributed by atoms with E-state index in [1.54, 1.807) is 93.2 Å². The normalized spacial score (nSPS) is 16.5. The van der Waals surface area contributed by atoms with Gasteiger partial charge in [-0.15, -0.1) is 23.1 Å². The molecule has 2 aromatic heterocycles. The maximum atomic E-state index is 15.3. The number of halogens is 1. The van der Waals surface area contributed by atoms with Crippen molar-refractivity contribution < 1.29 is 71.2 Å². The van der Waals surface area contributed by atoms with Crippen LogP contribution in [0.25, 0.3) is 10.9 Å². The summed E-state index contributed by atoms with van der Waals surface area (Å²) in [6, 6.07) is 22.6. The molecule has 2 atom stereocenters. The van der Waals surface area contributed by atoms with Crippen LogP contribution >= 0.6 is 34.7 Å². The van der Waals surface area contributed by atoms with Gasteiger partial charge in [0.25, 0.3) is 11.8 Å². The van der Waals surface area contributed by atoms with Gasteiger partial charge in [0.2, 0.25) is 5.60 Å². The average Bonchev–Trinajstić information content (AvgIpc) is 1.13. The molecule has 5 heterocycles. The van der Waals surface area contributed by atoms with E-state index < -0.39 is 63.8 Å². The van der Waals surface area contributed by atoms with Crippen LogP contribution in [-0.2, 0) is 71.1 Å². The van der Waals surface area contributed by atoms with Crippen molar-refractivity contribution in [2.75, 3.05) is 52.0 Å². The Morgan fingerprint density at radius 3 is 1.90 bits per heavy atom. The van der Waals surface area contributed by atoms with Crippen LogP contribution in [0.5, 0.6) is 28.7 Å². The second-order valence-corrected chi connectivity index (χ2v) is 27.1. The Morgan fingerprint density at radius 1 is 0.769 bits per heavy atom. The Bertz CT molecular complexity index is 3810. The molecular formula is C66H77ClN7O15S2+. The van der Waals surface area contributed by atoms with Crippen LogP contribution in [0.1, 0.15) is 103 Å². The molecule has 91 heavy (non-hydrogen) atoms. The van der Waals surface area contributed by atoms with Crippen molar-refractivity contribution in [2.24, 2.45) is 5.16 Å². The van der Waals surface area contributed by atoms with Crippen molar-refractivity contribution in [3.05, 3.63) is 145 Å². The molecule has 2 N–H and O–H groups in total. The molecule has 0 saturated carbocycles. The Kier molecular flexibility index (Phi) is 20.7. The fraction of sp³-hybridized carbons (Fsp3) is 0.424. The van der Waals surface area contributed by atoms with Crippen LogP contribution in [0.15, 0.2) is 112 Å². The summed E-state index contributed by atoms with van der Waals surface area (Å²) in [4.78, 5) is 97.2. The van der Waals surface area contributed by atoms with E-state index in [9.17, 15) is 24.0 Å². The zero-order valence-electron chi connectivity index (χ0n) is 53.1. The Labute approximate surface area is 541 Å². The van der Waals surface area contributed by atoms with Gasteiger partial charge >= 0.3 is 18.0 Å². The van der Waals surface area contributed by atoms with Crippen LogP contribution in [-0.4, -0.2) is 129 Å². The number of aryl methyl sites for hydroxylation is 1. The summed E-state index contributed by atoms with van der Waals surface area (Å²) in [5.41, 5.74) is -0.132. The van der Waals surface area contributed by atoms with Crippen molar-refractivity contribution >= 4 is 86.3 Å². The third kappa shape index (κ3) is 16.1. The third-order valence-electron chi connectivity index (χ3n) is 15.2. The fourth-order valence-corrected chi connectivity index (χ4v) is 13.0. The number of amides is 3. The van der Waals surface area contributed by atoms with E-state index in [-0.39, 0.29) is 76.8 Å². The number of likely N-dealkylation sites (tertiary alicyclic amines) is 1. The van der Waals surface area contributed by atoms with Crippen molar-refractivity contribution in [2.45, 2.75) is 136 Å². The number of thioether (sulfide) groups is 1. The van der Waals surface area contributed by atoms with E-state index in [2.05, 4.69) is 20.8 Å². The van der Waals surface area contributed by atoms with E-state index >= 15 is 4.79 Å². The first-order valence-electron chi connectivity index (χ1n) is 29.7. The molecule has 3 aliphatic rings. The summed E-state index contributed by atoms with van der Waals surface area (Å²) >= 11 is 9.76. The molecule has 0 bridgehead atoms. The van der Waals surface area contributed by atoms with Gasteiger partial charge in [0.1, 0.15) is 84.2 Å². The number of thiazole rings is 1. The van der Waals surface area contributed by atoms with Gasteiger partial charge in [0.15, 0.2) is 27.8 Å². The number of fused-ring (bicyclic) bond motifs is 2. The number of benzene rings is 4. The smallest absolute Gasteiger partial charge is 0.413 e. The molecule has 25 heteroatoms. The average molecular weight is 1310 g/mol. The van der Waals surface area contributed by atoms with E-state index in [1.807, 2.05) is 66.2 Å². The molecule has 2 saturated heterocycles. The molecule has 0 radical (unpaired) electrons. The molecule has 0 aliphatic carbocycles. The van der Waals surface area contributed by atoms with Gasteiger partial charge in [-0.25, -0.2) is 19.4 Å². The van der Waals surface area contributed by atoms with Crippen molar-refractivity contribution in [3.8, 4) is 28.7 Å². The molecule has 0 unspecified atom stereocenters. The molecule has 9 rings (SSSR count). The number of oxime groups is 1. The van der Waals surface area contributed by atoms with Gasteiger partial charge in [-0.3, -0.25) is 24.6 Å². The minimum absolute atomic E-state index is 0.0409. The lowest BCUT2D eigenvalue weighted by Crippen LogP contribution is -2.71. The van der Waals surface area contributed by atoms with Crippen molar-refractivity contribution in [1.29, 1.82) is 0 Å². The number of anilines is 1. The Morgan fingerprint density at radius 2 is 1.34 bits per heavy atom. The highest BCUT2D eigenvalue weighted by Gasteiger charge is 2.56. The topological polar surface area (TPSA) is 243 Å². The number of nitrogens with zero attached hydrogens (tertiary/aromatic N) is 5. The number of hydrogen-bond donors (Lipinski definition) is 2. The monoisotopic (exact) mass is 1310 g/mol. The summed E-state index contributed by atoms with van der Waals surface area (Å²) in [7, 11) is 4.75. The zero-order chi connectivity index (χ0) is 65.6. The number of hydrogen-bond acceptors (Lipinski definition) is 19. The summed E-state index contributed by atoms with van der Waals surface area (Å²) in [5.74, 6) is -0.257. The number of ether oxygens (including phenoxy) is 8. The largest absolute Gasteiger partial charge is 0.497 e. The van der Waals surface area contributed by atoms with Gasteiger partial charge in [-0.05, 0) is 115 Å². The Balaban J connectivity index is 1.04. The minimum atomic E-state index is -1.71. The maximum absolute atomic E-state index is 15.3. The molecule has 4 aromatic carbocycles. The number of nitrogens with one attached hydrogen (secondary N) is 2. The van der Waals surface area contributed by atoms with Crippen molar-refractivity contribution in [1.82, 2.24) is 19.8 Å². The highest BCUT2D eigenvalue weighted by atomic mass is 35.5. The number of carbonyl (C=O) groups excluding carboxylic acids is 5. The number of carbonyl (C=O) groups is 5. The predicted molar refractivity (Wildman–Crippen MR) is 346 cm³/mol. The van der Waals surface area contributed by atoms with Crippen LogP contribution in [0.4, 0.5) is 9.93 Å². The van der Waals surface area contributed by atoms with Crippen LogP contribution in [0, 0.1) is 0 Å². The highest BCUT2D eigenvalue weighted by Crippen LogP contribution is 2.44. The lowest BCUT2D eigenvalue weighted by molar-refractivity contribution is -0.925. The lowest BCUT2D eigenvalue weighted by Gasteiger charge is -2.50. The Hall–Kier alpha value is -8.32. The van der Waals surface area contributed by atoms with Gasteiger partial charge in [0.05, 0.1) is 55.9 Å². The molecule has 3 amide bonds. The van der Waals surface area contributed by atoms with E-state index in [0.717, 1.165) is 35.3 Å². The first kappa shape index (κ1) is 67.1. The van der Waals surface area contributed by atoms with Gasteiger partial charge in [-0.1, -0.05) is 53.2 Å². The molecule has 2 fully saturated rings. The predicted octanol–water partition coefficient (Wildman–Crippen LogP) is 10.7. The minimum Gasteiger partial charge on any atom is -0.497 e. The summed E-state index contributed by atoms with van der Waals surface area (Å²) in [6.07, 6.45) is 2.72. The van der Waals surface area contributed by atoms with E-state index in [4.69, 9.17) is 54.3 Å².